The zero-order valence-electron chi connectivity index (χ0n) is 11.0. The summed E-state index contributed by atoms with van der Waals surface area (Å²) >= 11 is 3.42. The zero-order chi connectivity index (χ0) is 15.1. The summed E-state index contributed by atoms with van der Waals surface area (Å²) in [6.07, 6.45) is 1.49. The van der Waals surface area contributed by atoms with Crippen LogP contribution in [0, 0.1) is 18.6 Å². The summed E-state index contributed by atoms with van der Waals surface area (Å²) in [6, 6.07) is 6.81. The second-order valence-corrected chi connectivity index (χ2v) is 5.66. The smallest absolute Gasteiger partial charge is 0.256 e. The topological polar surface area (TPSA) is 29.1 Å². The fourth-order valence-corrected chi connectivity index (χ4v) is 2.73. The van der Waals surface area contributed by atoms with E-state index in [-0.39, 0.29) is 5.91 Å². The van der Waals surface area contributed by atoms with Gasteiger partial charge in [0.1, 0.15) is 11.6 Å². The Kier molecular flexibility index (Phi) is 3.37. The van der Waals surface area contributed by atoms with Gasteiger partial charge in [0.15, 0.2) is 0 Å². The molecule has 0 atom stereocenters. The first-order valence-electron chi connectivity index (χ1n) is 6.24. The van der Waals surface area contributed by atoms with E-state index < -0.39 is 11.6 Å². The number of nitrogens with one attached hydrogen (secondary N) is 1. The number of fused-ring (bicyclic) bond motifs is 1. The molecule has 2 aromatic rings. The Balaban J connectivity index is 2.18. The van der Waals surface area contributed by atoms with Crippen molar-refractivity contribution < 1.29 is 13.6 Å². The summed E-state index contributed by atoms with van der Waals surface area (Å²) in [4.78, 5) is 12.1. The highest BCUT2D eigenvalue weighted by Crippen LogP contribution is 2.38. The predicted octanol–water partition coefficient (Wildman–Crippen LogP) is 4.53. The summed E-state index contributed by atoms with van der Waals surface area (Å²) in [5.74, 6) is -1.63. The number of hydrogen-bond acceptors (Lipinski definition) is 1. The van der Waals surface area contributed by atoms with E-state index in [4.69, 9.17) is 0 Å². The quantitative estimate of drug-likeness (QED) is 0.753. The molecule has 0 spiro atoms. The Hall–Kier alpha value is -2.01. The van der Waals surface area contributed by atoms with Crippen molar-refractivity contribution in [3.05, 3.63) is 63.1 Å². The van der Waals surface area contributed by atoms with E-state index >= 15 is 0 Å². The van der Waals surface area contributed by atoms with Gasteiger partial charge in [0, 0.05) is 27.4 Å². The number of amides is 1. The molecule has 1 heterocycles. The van der Waals surface area contributed by atoms with E-state index in [0.29, 0.717) is 16.8 Å². The van der Waals surface area contributed by atoms with Crippen LogP contribution in [0.4, 0.5) is 14.5 Å². The van der Waals surface area contributed by atoms with Gasteiger partial charge in [-0.2, -0.15) is 0 Å². The second kappa shape index (κ2) is 5.07. The number of benzene rings is 2. The Morgan fingerprint density at radius 1 is 1.14 bits per heavy atom. The van der Waals surface area contributed by atoms with Crippen LogP contribution in [-0.2, 0) is 4.79 Å². The number of rotatable bonds is 1. The molecule has 0 radical (unpaired) electrons. The highest BCUT2D eigenvalue weighted by molar-refractivity contribution is 9.10. The molecule has 5 heteroatoms. The number of anilines is 1. The number of carbonyl (C=O) groups is 1. The molecule has 1 aliphatic rings. The van der Waals surface area contributed by atoms with Crippen molar-refractivity contribution in [2.24, 2.45) is 0 Å². The van der Waals surface area contributed by atoms with Crippen LogP contribution in [0.2, 0.25) is 0 Å². The molecular formula is C16H10BrF2NO. The summed E-state index contributed by atoms with van der Waals surface area (Å²) < 4.78 is 27.4. The van der Waals surface area contributed by atoms with Gasteiger partial charge in [-0.15, -0.1) is 0 Å². The molecule has 3 rings (SSSR count). The van der Waals surface area contributed by atoms with E-state index in [1.54, 1.807) is 6.07 Å². The number of hydrogen-bond donors (Lipinski definition) is 1. The van der Waals surface area contributed by atoms with Crippen molar-refractivity contribution in [2.45, 2.75) is 6.92 Å². The van der Waals surface area contributed by atoms with Crippen LogP contribution >= 0.6 is 15.9 Å². The lowest BCUT2D eigenvalue weighted by Gasteiger charge is -2.06. The van der Waals surface area contributed by atoms with Crippen molar-refractivity contribution in [1.82, 2.24) is 0 Å². The Bertz CT molecular complexity index is 779. The molecular weight excluding hydrogens is 340 g/mol. The van der Waals surface area contributed by atoms with E-state index in [9.17, 15) is 13.6 Å². The van der Waals surface area contributed by atoms with Crippen molar-refractivity contribution >= 4 is 39.2 Å². The van der Waals surface area contributed by atoms with Crippen molar-refractivity contribution in [1.29, 1.82) is 0 Å². The molecule has 2 aromatic carbocycles. The van der Waals surface area contributed by atoms with Gasteiger partial charge in [0.05, 0.1) is 0 Å². The Labute approximate surface area is 128 Å². The van der Waals surface area contributed by atoms with Crippen LogP contribution < -0.4 is 5.32 Å². The third-order valence-corrected chi connectivity index (χ3v) is 4.22. The molecule has 2 nitrogen and oxygen atoms in total. The molecule has 0 bridgehead atoms. The van der Waals surface area contributed by atoms with Gasteiger partial charge in [-0.25, -0.2) is 8.78 Å². The lowest BCUT2D eigenvalue weighted by molar-refractivity contribution is -0.110. The summed E-state index contributed by atoms with van der Waals surface area (Å²) in [5, 5.41) is 2.75. The number of halogens is 3. The van der Waals surface area contributed by atoms with Crippen molar-refractivity contribution in [3.63, 3.8) is 0 Å². The summed E-state index contributed by atoms with van der Waals surface area (Å²) in [5.41, 5.74) is 3.05. The molecule has 0 saturated carbocycles. The molecule has 1 N–H and O–H groups in total. The van der Waals surface area contributed by atoms with Gasteiger partial charge in [0.2, 0.25) is 0 Å². The Morgan fingerprint density at radius 2 is 1.81 bits per heavy atom. The van der Waals surface area contributed by atoms with Gasteiger partial charge in [-0.3, -0.25) is 4.79 Å². The van der Waals surface area contributed by atoms with Crippen LogP contribution in [0.1, 0.15) is 16.7 Å². The van der Waals surface area contributed by atoms with Crippen LogP contribution in [0.15, 0.2) is 34.8 Å². The lowest BCUT2D eigenvalue weighted by atomic mass is 9.99. The third kappa shape index (κ3) is 2.49. The number of carbonyl (C=O) groups excluding carboxylic acids is 1. The molecule has 0 saturated heterocycles. The van der Waals surface area contributed by atoms with E-state index in [2.05, 4.69) is 21.2 Å². The van der Waals surface area contributed by atoms with Gasteiger partial charge < -0.3 is 5.32 Å². The van der Waals surface area contributed by atoms with Crippen LogP contribution in [0.25, 0.3) is 11.6 Å². The molecule has 1 aliphatic heterocycles. The van der Waals surface area contributed by atoms with Gasteiger partial charge in [0.25, 0.3) is 5.91 Å². The van der Waals surface area contributed by atoms with Crippen LogP contribution in [0.3, 0.4) is 0 Å². The van der Waals surface area contributed by atoms with Gasteiger partial charge in [-0.05, 0) is 48.4 Å². The fraction of sp³-hybridized carbons (Fsp3) is 0.0625. The molecule has 0 aromatic heterocycles. The fourth-order valence-electron chi connectivity index (χ4n) is 2.40. The molecule has 0 aliphatic carbocycles. The lowest BCUT2D eigenvalue weighted by Crippen LogP contribution is -2.03. The highest BCUT2D eigenvalue weighted by Gasteiger charge is 2.26. The SMILES string of the molecule is Cc1c(Br)ccc2c1C(=Cc1cc(F)cc(F)c1)C(=O)N2. The van der Waals surface area contributed by atoms with Crippen LogP contribution in [0.5, 0.6) is 0 Å². The van der Waals surface area contributed by atoms with Gasteiger partial charge in [-0.1, -0.05) is 15.9 Å². The van der Waals surface area contributed by atoms with E-state index in [1.807, 2.05) is 13.0 Å². The molecule has 106 valence electrons. The normalized spacial score (nSPS) is 15.2. The maximum atomic E-state index is 13.3. The maximum Gasteiger partial charge on any atom is 0.256 e. The van der Waals surface area contributed by atoms with Gasteiger partial charge >= 0.3 is 0 Å². The summed E-state index contributed by atoms with van der Waals surface area (Å²) in [6.45, 7) is 1.88. The van der Waals surface area contributed by atoms with Crippen LogP contribution in [-0.4, -0.2) is 5.91 Å². The standard InChI is InChI=1S/C16H10BrF2NO/c1-8-13(17)2-3-14-15(8)12(16(21)20-14)6-9-4-10(18)7-11(19)5-9/h2-7H,1H3,(H,20,21). The average molecular weight is 350 g/mol. The molecule has 0 unspecified atom stereocenters. The maximum absolute atomic E-state index is 13.3. The molecule has 1 amide bonds. The summed E-state index contributed by atoms with van der Waals surface area (Å²) in [7, 11) is 0. The minimum atomic E-state index is -0.675. The first-order chi connectivity index (χ1) is 9.95. The molecule has 0 fully saturated rings. The average Bonchev–Trinajstić information content (AvgIpc) is 2.70. The van der Waals surface area contributed by atoms with Crippen molar-refractivity contribution in [2.75, 3.05) is 5.32 Å². The molecule has 21 heavy (non-hydrogen) atoms. The monoisotopic (exact) mass is 349 g/mol. The zero-order valence-corrected chi connectivity index (χ0v) is 12.6. The minimum Gasteiger partial charge on any atom is -0.321 e. The second-order valence-electron chi connectivity index (χ2n) is 4.81. The highest BCUT2D eigenvalue weighted by atomic mass is 79.9. The third-order valence-electron chi connectivity index (χ3n) is 3.36. The largest absolute Gasteiger partial charge is 0.321 e. The van der Waals surface area contributed by atoms with E-state index in [1.165, 1.54) is 18.2 Å². The first-order valence-corrected chi connectivity index (χ1v) is 7.03. The predicted molar refractivity (Wildman–Crippen MR) is 81.7 cm³/mol. The Morgan fingerprint density at radius 3 is 2.48 bits per heavy atom. The minimum absolute atomic E-state index is 0.282. The first kappa shape index (κ1) is 13.9. The van der Waals surface area contributed by atoms with E-state index in [0.717, 1.165) is 21.7 Å². The van der Waals surface area contributed by atoms with Crippen molar-refractivity contribution in [3.8, 4) is 0 Å².